The fraction of sp³-hybridized carbons (Fsp3) is 0. The first kappa shape index (κ1) is 16.9. The fourth-order valence-corrected chi connectivity index (χ4v) is 4.67. The van der Waals surface area contributed by atoms with Gasteiger partial charge in [0, 0.05) is 17.8 Å². The number of pyridine rings is 1. The standard InChI is InChI=1S/C29H19N/c1-2-10-21(11-3-1)28-24-14-6-7-15-25(24)29(27-19-30-18-17-26(27)28)23-16-8-12-20-9-4-5-13-22(20)23/h1-19H. The van der Waals surface area contributed by atoms with Gasteiger partial charge >= 0.3 is 0 Å². The van der Waals surface area contributed by atoms with Gasteiger partial charge in [0.25, 0.3) is 0 Å². The van der Waals surface area contributed by atoms with E-state index in [1.54, 1.807) is 0 Å². The number of benzene rings is 5. The lowest BCUT2D eigenvalue weighted by Gasteiger charge is -2.18. The summed E-state index contributed by atoms with van der Waals surface area (Å²) in [7, 11) is 0. The van der Waals surface area contributed by atoms with Crippen LogP contribution in [-0.2, 0) is 0 Å². The van der Waals surface area contributed by atoms with Crippen LogP contribution in [0.1, 0.15) is 0 Å². The van der Waals surface area contributed by atoms with E-state index in [0.717, 1.165) is 0 Å². The number of fused-ring (bicyclic) bond motifs is 3. The SMILES string of the molecule is c1ccc(-c2c3ccccc3c(-c3cccc4ccccc34)c3cnccc23)cc1. The average Bonchev–Trinajstić information content (AvgIpc) is 2.83. The van der Waals surface area contributed by atoms with Crippen molar-refractivity contribution in [3.63, 3.8) is 0 Å². The van der Waals surface area contributed by atoms with E-state index in [0.29, 0.717) is 0 Å². The quantitative estimate of drug-likeness (QED) is 0.278. The van der Waals surface area contributed by atoms with Crippen LogP contribution in [0.15, 0.2) is 116 Å². The minimum atomic E-state index is 1.19. The van der Waals surface area contributed by atoms with E-state index in [1.807, 2.05) is 12.4 Å². The molecule has 5 aromatic carbocycles. The molecule has 1 aromatic heterocycles. The molecule has 0 N–H and O–H groups in total. The van der Waals surface area contributed by atoms with E-state index in [1.165, 1.54) is 54.6 Å². The Hall–Kier alpha value is -3.97. The number of hydrogen-bond acceptors (Lipinski definition) is 1. The van der Waals surface area contributed by atoms with Crippen LogP contribution in [0.2, 0.25) is 0 Å². The second-order valence-corrected chi connectivity index (χ2v) is 7.61. The summed E-state index contributed by atoms with van der Waals surface area (Å²) < 4.78 is 0. The lowest BCUT2D eigenvalue weighted by molar-refractivity contribution is 1.37. The molecule has 0 aliphatic rings. The van der Waals surface area contributed by atoms with Crippen molar-refractivity contribution in [1.29, 1.82) is 0 Å². The maximum atomic E-state index is 4.52. The summed E-state index contributed by atoms with van der Waals surface area (Å²) in [5.41, 5.74) is 5.01. The molecular weight excluding hydrogens is 362 g/mol. The first-order valence-corrected chi connectivity index (χ1v) is 10.2. The topological polar surface area (TPSA) is 12.9 Å². The summed E-state index contributed by atoms with van der Waals surface area (Å²) in [4.78, 5) is 4.52. The Morgan fingerprint density at radius 3 is 1.90 bits per heavy atom. The average molecular weight is 381 g/mol. The smallest absolute Gasteiger partial charge is 0.0353 e. The molecule has 30 heavy (non-hydrogen) atoms. The van der Waals surface area contributed by atoms with Crippen LogP contribution in [0.3, 0.4) is 0 Å². The molecule has 0 unspecified atom stereocenters. The van der Waals surface area contributed by atoms with Crippen LogP contribution >= 0.6 is 0 Å². The minimum absolute atomic E-state index is 1.19. The Labute approximate surface area is 175 Å². The third kappa shape index (κ3) is 2.53. The molecule has 0 radical (unpaired) electrons. The van der Waals surface area contributed by atoms with Gasteiger partial charge in [-0.3, -0.25) is 4.98 Å². The largest absolute Gasteiger partial charge is 0.264 e. The van der Waals surface area contributed by atoms with Crippen molar-refractivity contribution in [2.45, 2.75) is 0 Å². The van der Waals surface area contributed by atoms with Gasteiger partial charge in [0.2, 0.25) is 0 Å². The Bertz CT molecular complexity index is 1470. The molecule has 0 saturated carbocycles. The first-order valence-electron chi connectivity index (χ1n) is 10.2. The van der Waals surface area contributed by atoms with Gasteiger partial charge < -0.3 is 0 Å². The van der Waals surface area contributed by atoms with Gasteiger partial charge in [-0.05, 0) is 55.3 Å². The third-order valence-electron chi connectivity index (χ3n) is 5.95. The summed E-state index contributed by atoms with van der Waals surface area (Å²) in [6, 6.07) is 36.8. The minimum Gasteiger partial charge on any atom is -0.264 e. The summed E-state index contributed by atoms with van der Waals surface area (Å²) >= 11 is 0. The van der Waals surface area contributed by atoms with Crippen molar-refractivity contribution in [3.8, 4) is 22.3 Å². The Balaban J connectivity index is 1.85. The predicted octanol–water partition coefficient (Wildman–Crippen LogP) is 7.88. The fourth-order valence-electron chi connectivity index (χ4n) is 4.67. The van der Waals surface area contributed by atoms with Gasteiger partial charge in [0.15, 0.2) is 0 Å². The van der Waals surface area contributed by atoms with Crippen molar-refractivity contribution < 1.29 is 0 Å². The highest BCUT2D eigenvalue weighted by Gasteiger charge is 2.17. The van der Waals surface area contributed by atoms with Crippen molar-refractivity contribution in [1.82, 2.24) is 4.98 Å². The van der Waals surface area contributed by atoms with E-state index < -0.39 is 0 Å². The lowest BCUT2D eigenvalue weighted by Crippen LogP contribution is -1.92. The maximum absolute atomic E-state index is 4.52. The highest BCUT2D eigenvalue weighted by Crippen LogP contribution is 2.44. The molecule has 0 aliphatic carbocycles. The molecule has 0 bridgehead atoms. The molecule has 0 amide bonds. The van der Waals surface area contributed by atoms with Crippen LogP contribution in [0.25, 0.3) is 54.6 Å². The third-order valence-corrected chi connectivity index (χ3v) is 5.95. The lowest BCUT2D eigenvalue weighted by atomic mass is 9.85. The van der Waals surface area contributed by atoms with E-state index in [2.05, 4.69) is 108 Å². The Kier molecular flexibility index (Phi) is 3.85. The van der Waals surface area contributed by atoms with Crippen LogP contribution < -0.4 is 0 Å². The number of aromatic nitrogens is 1. The summed E-state index contributed by atoms with van der Waals surface area (Å²) in [5, 5.41) is 7.47. The number of rotatable bonds is 2. The highest BCUT2D eigenvalue weighted by atomic mass is 14.6. The van der Waals surface area contributed by atoms with Gasteiger partial charge in [-0.2, -0.15) is 0 Å². The molecule has 1 heterocycles. The van der Waals surface area contributed by atoms with Crippen molar-refractivity contribution in [2.24, 2.45) is 0 Å². The van der Waals surface area contributed by atoms with Crippen LogP contribution in [0.5, 0.6) is 0 Å². The zero-order valence-corrected chi connectivity index (χ0v) is 16.4. The van der Waals surface area contributed by atoms with E-state index in [9.17, 15) is 0 Å². The molecular formula is C29H19N. The second kappa shape index (κ2) is 6.82. The zero-order chi connectivity index (χ0) is 19.9. The van der Waals surface area contributed by atoms with Gasteiger partial charge in [-0.1, -0.05) is 97.1 Å². The Morgan fingerprint density at radius 1 is 0.433 bits per heavy atom. The Morgan fingerprint density at radius 2 is 1.07 bits per heavy atom. The van der Waals surface area contributed by atoms with E-state index >= 15 is 0 Å². The molecule has 6 aromatic rings. The molecule has 0 aliphatic heterocycles. The normalized spacial score (nSPS) is 11.3. The van der Waals surface area contributed by atoms with E-state index in [-0.39, 0.29) is 0 Å². The van der Waals surface area contributed by atoms with Crippen LogP contribution in [0.4, 0.5) is 0 Å². The molecule has 0 fully saturated rings. The van der Waals surface area contributed by atoms with Crippen molar-refractivity contribution >= 4 is 32.3 Å². The molecule has 140 valence electrons. The van der Waals surface area contributed by atoms with E-state index in [4.69, 9.17) is 0 Å². The number of hydrogen-bond donors (Lipinski definition) is 0. The zero-order valence-electron chi connectivity index (χ0n) is 16.4. The molecule has 1 nitrogen and oxygen atoms in total. The molecule has 0 saturated heterocycles. The summed E-state index contributed by atoms with van der Waals surface area (Å²) in [6.07, 6.45) is 3.92. The van der Waals surface area contributed by atoms with Crippen molar-refractivity contribution in [3.05, 3.63) is 116 Å². The maximum Gasteiger partial charge on any atom is 0.0353 e. The summed E-state index contributed by atoms with van der Waals surface area (Å²) in [5.74, 6) is 0. The number of nitrogens with zero attached hydrogens (tertiary/aromatic N) is 1. The summed E-state index contributed by atoms with van der Waals surface area (Å²) in [6.45, 7) is 0. The van der Waals surface area contributed by atoms with Gasteiger partial charge in [-0.15, -0.1) is 0 Å². The molecule has 0 spiro atoms. The van der Waals surface area contributed by atoms with Gasteiger partial charge in [-0.25, -0.2) is 0 Å². The van der Waals surface area contributed by atoms with Gasteiger partial charge in [0.1, 0.15) is 0 Å². The van der Waals surface area contributed by atoms with Crippen LogP contribution in [-0.4, -0.2) is 4.98 Å². The second-order valence-electron chi connectivity index (χ2n) is 7.61. The van der Waals surface area contributed by atoms with Gasteiger partial charge in [0.05, 0.1) is 0 Å². The first-order chi connectivity index (χ1) is 14.9. The predicted molar refractivity (Wildman–Crippen MR) is 128 cm³/mol. The van der Waals surface area contributed by atoms with Crippen LogP contribution in [0, 0.1) is 0 Å². The molecule has 0 atom stereocenters. The molecule has 1 heteroatoms. The monoisotopic (exact) mass is 381 g/mol. The highest BCUT2D eigenvalue weighted by molar-refractivity contribution is 6.23. The van der Waals surface area contributed by atoms with Crippen molar-refractivity contribution in [2.75, 3.05) is 0 Å². The molecule has 6 rings (SSSR count).